The molecule has 142 valence electrons. The standard InChI is InChI=1S/C15H16F6O4/c1-7(13(23)25-11-5-9(6-11)15(19,20)21)2-12(22)24-10-3-8(4-10)14(16,17)18/h8-11H,1-6H2. The Labute approximate surface area is 139 Å². The summed E-state index contributed by atoms with van der Waals surface area (Å²) in [6, 6.07) is 0. The van der Waals surface area contributed by atoms with E-state index in [0.29, 0.717) is 0 Å². The molecule has 0 atom stereocenters. The summed E-state index contributed by atoms with van der Waals surface area (Å²) in [5.41, 5.74) is -0.313. The first-order valence-electron chi connectivity index (χ1n) is 7.58. The Morgan fingerprint density at radius 1 is 0.840 bits per heavy atom. The van der Waals surface area contributed by atoms with Crippen LogP contribution in [0.3, 0.4) is 0 Å². The Kier molecular flexibility index (Phi) is 5.38. The molecule has 2 aliphatic rings. The SMILES string of the molecule is C=C(CC(=O)OC1CC(C(F)(F)F)C1)C(=O)OC1CC(C(F)(F)F)C1. The van der Waals surface area contributed by atoms with Gasteiger partial charge in [-0.2, -0.15) is 26.3 Å². The van der Waals surface area contributed by atoms with Crippen LogP contribution in [0.5, 0.6) is 0 Å². The predicted octanol–water partition coefficient (Wildman–Crippen LogP) is 3.70. The molecule has 2 fully saturated rings. The Hall–Kier alpha value is -1.74. The lowest BCUT2D eigenvalue weighted by atomic mass is 9.81. The van der Waals surface area contributed by atoms with Gasteiger partial charge in [0.2, 0.25) is 0 Å². The number of hydrogen-bond donors (Lipinski definition) is 0. The van der Waals surface area contributed by atoms with E-state index in [2.05, 4.69) is 6.58 Å². The lowest BCUT2D eigenvalue weighted by Crippen LogP contribution is -2.42. The van der Waals surface area contributed by atoms with Gasteiger partial charge in [-0.1, -0.05) is 6.58 Å². The number of carbonyl (C=O) groups is 2. The van der Waals surface area contributed by atoms with Gasteiger partial charge < -0.3 is 9.47 Å². The van der Waals surface area contributed by atoms with E-state index < -0.39 is 54.8 Å². The molecule has 0 heterocycles. The minimum absolute atomic E-state index is 0.313. The zero-order chi connectivity index (χ0) is 19.0. The van der Waals surface area contributed by atoms with E-state index in [1.54, 1.807) is 0 Å². The third-order valence-corrected chi connectivity index (χ3v) is 4.33. The van der Waals surface area contributed by atoms with Crippen LogP contribution in [-0.4, -0.2) is 36.5 Å². The maximum absolute atomic E-state index is 12.3. The van der Waals surface area contributed by atoms with Gasteiger partial charge in [-0.05, 0) is 25.7 Å². The van der Waals surface area contributed by atoms with Crippen molar-refractivity contribution in [2.45, 2.75) is 56.7 Å². The van der Waals surface area contributed by atoms with E-state index in [9.17, 15) is 35.9 Å². The Balaban J connectivity index is 1.65. The second-order valence-electron chi connectivity index (χ2n) is 6.34. The van der Waals surface area contributed by atoms with E-state index in [1.165, 1.54) is 0 Å². The number of esters is 2. The number of hydrogen-bond acceptors (Lipinski definition) is 4. The molecule has 4 nitrogen and oxygen atoms in total. The van der Waals surface area contributed by atoms with E-state index >= 15 is 0 Å². The second-order valence-corrected chi connectivity index (χ2v) is 6.34. The van der Waals surface area contributed by atoms with Crippen LogP contribution in [0.1, 0.15) is 32.1 Å². The van der Waals surface area contributed by atoms with E-state index in [4.69, 9.17) is 9.47 Å². The predicted molar refractivity (Wildman–Crippen MR) is 71.1 cm³/mol. The maximum atomic E-state index is 12.3. The first-order chi connectivity index (χ1) is 11.4. The molecule has 0 radical (unpaired) electrons. The summed E-state index contributed by atoms with van der Waals surface area (Å²) in [5, 5.41) is 0. The maximum Gasteiger partial charge on any atom is 0.392 e. The van der Waals surface area contributed by atoms with Crippen LogP contribution in [0.2, 0.25) is 0 Å². The van der Waals surface area contributed by atoms with Crippen LogP contribution in [0.15, 0.2) is 12.2 Å². The largest absolute Gasteiger partial charge is 0.462 e. The van der Waals surface area contributed by atoms with Crippen molar-refractivity contribution in [2.24, 2.45) is 11.8 Å². The molecule has 2 aliphatic carbocycles. The van der Waals surface area contributed by atoms with Crippen LogP contribution in [0, 0.1) is 11.8 Å². The fourth-order valence-corrected chi connectivity index (χ4v) is 2.57. The molecular formula is C15H16F6O4. The smallest absolute Gasteiger partial charge is 0.392 e. The van der Waals surface area contributed by atoms with Crippen molar-refractivity contribution in [1.82, 2.24) is 0 Å². The third kappa shape index (κ3) is 5.12. The lowest BCUT2D eigenvalue weighted by Gasteiger charge is -2.36. The van der Waals surface area contributed by atoms with Gasteiger partial charge in [0, 0.05) is 5.57 Å². The summed E-state index contributed by atoms with van der Waals surface area (Å²) >= 11 is 0. The average Bonchev–Trinajstić information content (AvgIpc) is 2.33. The highest BCUT2D eigenvalue weighted by molar-refractivity contribution is 5.93. The average molecular weight is 374 g/mol. The molecule has 0 unspecified atom stereocenters. The Morgan fingerprint density at radius 3 is 1.64 bits per heavy atom. The molecule has 0 aromatic rings. The van der Waals surface area contributed by atoms with Crippen molar-refractivity contribution in [3.63, 3.8) is 0 Å². The molecule has 0 aliphatic heterocycles. The molecule has 0 bridgehead atoms. The van der Waals surface area contributed by atoms with Gasteiger partial charge in [-0.15, -0.1) is 0 Å². The van der Waals surface area contributed by atoms with Gasteiger partial charge in [0.25, 0.3) is 0 Å². The van der Waals surface area contributed by atoms with Crippen molar-refractivity contribution in [3.8, 4) is 0 Å². The van der Waals surface area contributed by atoms with Gasteiger partial charge in [-0.25, -0.2) is 4.79 Å². The topological polar surface area (TPSA) is 52.6 Å². The number of alkyl halides is 6. The summed E-state index contributed by atoms with van der Waals surface area (Å²) in [4.78, 5) is 23.2. The fraction of sp³-hybridized carbons (Fsp3) is 0.733. The number of halogens is 6. The van der Waals surface area contributed by atoms with Crippen LogP contribution in [-0.2, 0) is 19.1 Å². The zero-order valence-corrected chi connectivity index (χ0v) is 13.0. The zero-order valence-electron chi connectivity index (χ0n) is 13.0. The Morgan fingerprint density at radius 2 is 1.24 bits per heavy atom. The molecule has 0 aromatic carbocycles. The van der Waals surface area contributed by atoms with Crippen molar-refractivity contribution >= 4 is 11.9 Å². The first-order valence-corrected chi connectivity index (χ1v) is 7.58. The van der Waals surface area contributed by atoms with Crippen LogP contribution in [0.4, 0.5) is 26.3 Å². The Bertz CT molecular complexity index is 541. The summed E-state index contributed by atoms with van der Waals surface area (Å²) in [7, 11) is 0. The van der Waals surface area contributed by atoms with Crippen LogP contribution < -0.4 is 0 Å². The molecular weight excluding hydrogens is 358 g/mol. The second kappa shape index (κ2) is 6.87. The van der Waals surface area contributed by atoms with Crippen molar-refractivity contribution < 1.29 is 45.4 Å². The van der Waals surface area contributed by atoms with Crippen LogP contribution in [0.25, 0.3) is 0 Å². The fourth-order valence-electron chi connectivity index (χ4n) is 2.57. The summed E-state index contributed by atoms with van der Waals surface area (Å²) in [5.74, 6) is -4.94. The highest BCUT2D eigenvalue weighted by Crippen LogP contribution is 2.43. The van der Waals surface area contributed by atoms with E-state index in [1.807, 2.05) is 0 Å². The van der Waals surface area contributed by atoms with Gasteiger partial charge >= 0.3 is 24.3 Å². The molecule has 2 saturated carbocycles. The molecule has 0 aromatic heterocycles. The van der Waals surface area contributed by atoms with E-state index in [0.717, 1.165) is 0 Å². The minimum atomic E-state index is -4.33. The highest BCUT2D eigenvalue weighted by Gasteiger charge is 2.50. The van der Waals surface area contributed by atoms with Gasteiger partial charge in [-0.3, -0.25) is 4.79 Å². The van der Waals surface area contributed by atoms with Gasteiger partial charge in [0.1, 0.15) is 12.2 Å². The van der Waals surface area contributed by atoms with Crippen molar-refractivity contribution in [2.75, 3.05) is 0 Å². The first kappa shape index (κ1) is 19.6. The minimum Gasteiger partial charge on any atom is -0.462 e. The molecule has 10 heteroatoms. The summed E-state index contributed by atoms with van der Waals surface area (Å²) < 4.78 is 83.4. The van der Waals surface area contributed by atoms with E-state index in [-0.39, 0.29) is 31.3 Å². The number of carbonyl (C=O) groups excluding carboxylic acids is 2. The summed E-state index contributed by atoms with van der Waals surface area (Å²) in [6.07, 6.45) is -12.3. The number of ether oxygens (including phenoxy) is 2. The monoisotopic (exact) mass is 374 g/mol. The third-order valence-electron chi connectivity index (χ3n) is 4.33. The normalized spacial score (nSPS) is 29.2. The molecule has 0 spiro atoms. The van der Waals surface area contributed by atoms with Crippen molar-refractivity contribution in [1.29, 1.82) is 0 Å². The van der Waals surface area contributed by atoms with Gasteiger partial charge in [0.05, 0.1) is 18.3 Å². The van der Waals surface area contributed by atoms with Crippen molar-refractivity contribution in [3.05, 3.63) is 12.2 Å². The quantitative estimate of drug-likeness (QED) is 0.418. The van der Waals surface area contributed by atoms with Gasteiger partial charge in [0.15, 0.2) is 0 Å². The molecule has 0 amide bonds. The molecule has 0 saturated heterocycles. The summed E-state index contributed by atoms with van der Waals surface area (Å²) in [6.45, 7) is 3.30. The highest BCUT2D eigenvalue weighted by atomic mass is 19.4. The molecule has 0 N–H and O–H groups in total. The number of rotatable bonds is 5. The lowest BCUT2D eigenvalue weighted by molar-refractivity contribution is -0.221. The molecule has 2 rings (SSSR count). The van der Waals surface area contributed by atoms with Crippen LogP contribution >= 0.6 is 0 Å². The molecule has 25 heavy (non-hydrogen) atoms.